The Morgan fingerprint density at radius 3 is 2.29 bits per heavy atom. The first-order chi connectivity index (χ1) is 14.9. The first kappa shape index (κ1) is 22.6. The molecule has 0 unspecified atom stereocenters. The molecule has 4 rings (SSSR count). The van der Waals surface area contributed by atoms with Gasteiger partial charge < -0.3 is 10.2 Å². The molecule has 1 aromatic carbocycles. The molecule has 1 aromatic rings. The number of sulfonamides is 1. The van der Waals surface area contributed by atoms with Crippen LogP contribution >= 0.6 is 0 Å². The fourth-order valence-corrected chi connectivity index (χ4v) is 6.73. The number of carbonyl (C=O) groups is 1. The molecular formula is C23H36N4O3S. The van der Waals surface area contributed by atoms with Crippen molar-refractivity contribution in [1.29, 1.82) is 0 Å². The number of piperidine rings is 1. The van der Waals surface area contributed by atoms with Crippen molar-refractivity contribution in [2.75, 3.05) is 49.5 Å². The lowest BCUT2D eigenvalue weighted by Gasteiger charge is -2.58. The molecule has 3 fully saturated rings. The van der Waals surface area contributed by atoms with Gasteiger partial charge >= 0.3 is 0 Å². The van der Waals surface area contributed by atoms with E-state index in [0.717, 1.165) is 38.2 Å². The normalized spacial score (nSPS) is 21.1. The highest BCUT2D eigenvalue weighted by Crippen LogP contribution is 2.46. The Labute approximate surface area is 186 Å². The number of rotatable bonds is 8. The zero-order valence-corrected chi connectivity index (χ0v) is 19.7. The van der Waals surface area contributed by atoms with Crippen LogP contribution in [0.25, 0.3) is 0 Å². The van der Waals surface area contributed by atoms with Crippen molar-refractivity contribution < 1.29 is 13.2 Å². The van der Waals surface area contributed by atoms with Gasteiger partial charge in [-0.05, 0) is 63.1 Å². The van der Waals surface area contributed by atoms with E-state index in [1.807, 2.05) is 19.9 Å². The minimum Gasteiger partial charge on any atom is -0.370 e. The van der Waals surface area contributed by atoms with Crippen molar-refractivity contribution in [1.82, 2.24) is 9.21 Å². The Morgan fingerprint density at radius 2 is 1.74 bits per heavy atom. The molecule has 1 aliphatic carbocycles. The number of nitrogens with one attached hydrogen (secondary N) is 1. The lowest BCUT2D eigenvalue weighted by atomic mass is 9.68. The maximum atomic E-state index is 13.1. The SMILES string of the molecule is CCN(CC)S(=O)(=O)c1ccc(N2CCCCC2)c(NC(=O)CN2CCC23CCC3)c1. The van der Waals surface area contributed by atoms with Gasteiger partial charge in [-0.15, -0.1) is 0 Å². The molecule has 2 heterocycles. The quantitative estimate of drug-likeness (QED) is 0.661. The summed E-state index contributed by atoms with van der Waals surface area (Å²) in [6.07, 6.45) is 8.27. The molecule has 31 heavy (non-hydrogen) atoms. The Kier molecular flexibility index (Phi) is 6.60. The molecule has 1 amide bonds. The van der Waals surface area contributed by atoms with E-state index in [1.54, 1.807) is 12.1 Å². The maximum Gasteiger partial charge on any atom is 0.243 e. The van der Waals surface area contributed by atoms with E-state index in [2.05, 4.69) is 15.1 Å². The number of nitrogens with zero attached hydrogens (tertiary/aromatic N) is 3. The predicted octanol–water partition coefficient (Wildman–Crippen LogP) is 3.27. The first-order valence-corrected chi connectivity index (χ1v) is 13.3. The summed E-state index contributed by atoms with van der Waals surface area (Å²) in [6.45, 7) is 7.75. The third-order valence-corrected chi connectivity index (χ3v) is 9.46. The third-order valence-electron chi connectivity index (χ3n) is 7.42. The first-order valence-electron chi connectivity index (χ1n) is 11.8. The Hall–Kier alpha value is -1.64. The molecule has 1 N–H and O–H groups in total. The second-order valence-corrected chi connectivity index (χ2v) is 11.1. The van der Waals surface area contributed by atoms with Crippen LogP contribution in [0.4, 0.5) is 11.4 Å². The molecule has 172 valence electrons. The summed E-state index contributed by atoms with van der Waals surface area (Å²) >= 11 is 0. The van der Waals surface area contributed by atoms with E-state index >= 15 is 0 Å². The number of carbonyl (C=O) groups excluding carboxylic acids is 1. The van der Waals surface area contributed by atoms with Crippen molar-refractivity contribution in [3.05, 3.63) is 18.2 Å². The zero-order chi connectivity index (χ0) is 22.1. The van der Waals surface area contributed by atoms with Gasteiger partial charge in [0.25, 0.3) is 0 Å². The smallest absolute Gasteiger partial charge is 0.243 e. The highest BCUT2D eigenvalue weighted by Gasteiger charge is 2.49. The number of hydrogen-bond acceptors (Lipinski definition) is 5. The lowest BCUT2D eigenvalue weighted by molar-refractivity contribution is -0.127. The highest BCUT2D eigenvalue weighted by atomic mass is 32.2. The summed E-state index contributed by atoms with van der Waals surface area (Å²) in [5, 5.41) is 3.08. The van der Waals surface area contributed by atoms with Crippen molar-refractivity contribution >= 4 is 27.3 Å². The van der Waals surface area contributed by atoms with Gasteiger partial charge in [-0.2, -0.15) is 4.31 Å². The van der Waals surface area contributed by atoms with Crippen molar-refractivity contribution in [2.24, 2.45) is 0 Å². The van der Waals surface area contributed by atoms with Crippen LogP contribution in [0, 0.1) is 0 Å². The molecule has 1 spiro atoms. The minimum absolute atomic E-state index is 0.0541. The van der Waals surface area contributed by atoms with Gasteiger partial charge in [0.2, 0.25) is 15.9 Å². The van der Waals surface area contributed by atoms with Gasteiger partial charge in [0.05, 0.1) is 22.8 Å². The molecule has 2 saturated heterocycles. The van der Waals surface area contributed by atoms with E-state index in [4.69, 9.17) is 0 Å². The van der Waals surface area contributed by atoms with E-state index in [1.165, 1.54) is 36.4 Å². The van der Waals surface area contributed by atoms with Crippen LogP contribution in [-0.2, 0) is 14.8 Å². The third kappa shape index (κ3) is 4.34. The second kappa shape index (κ2) is 9.08. The molecule has 1 saturated carbocycles. The molecule has 0 bridgehead atoms. The fourth-order valence-electron chi connectivity index (χ4n) is 5.25. The Bertz CT molecular complexity index is 898. The van der Waals surface area contributed by atoms with E-state index < -0.39 is 10.0 Å². The summed E-state index contributed by atoms with van der Waals surface area (Å²) in [5.74, 6) is -0.0541. The van der Waals surface area contributed by atoms with Gasteiger partial charge in [-0.3, -0.25) is 9.69 Å². The summed E-state index contributed by atoms with van der Waals surface area (Å²) in [5.41, 5.74) is 1.80. The van der Waals surface area contributed by atoms with Gasteiger partial charge in [0.1, 0.15) is 0 Å². The van der Waals surface area contributed by atoms with E-state index in [-0.39, 0.29) is 16.3 Å². The molecule has 0 radical (unpaired) electrons. The number of likely N-dealkylation sites (tertiary alicyclic amines) is 1. The van der Waals surface area contributed by atoms with Gasteiger partial charge in [-0.25, -0.2) is 8.42 Å². The summed E-state index contributed by atoms with van der Waals surface area (Å²) in [7, 11) is -3.58. The van der Waals surface area contributed by atoms with Crippen LogP contribution in [0.15, 0.2) is 23.1 Å². The second-order valence-electron chi connectivity index (χ2n) is 9.11. The highest BCUT2D eigenvalue weighted by molar-refractivity contribution is 7.89. The lowest BCUT2D eigenvalue weighted by Crippen LogP contribution is -2.65. The zero-order valence-electron chi connectivity index (χ0n) is 18.9. The molecule has 8 heteroatoms. The van der Waals surface area contributed by atoms with Crippen molar-refractivity contribution in [2.45, 2.75) is 69.2 Å². The van der Waals surface area contributed by atoms with Crippen LogP contribution in [-0.4, -0.2) is 68.3 Å². The molecule has 7 nitrogen and oxygen atoms in total. The summed E-state index contributed by atoms with van der Waals surface area (Å²) in [4.78, 5) is 17.8. The van der Waals surface area contributed by atoms with Crippen LogP contribution in [0.1, 0.15) is 58.8 Å². The number of benzene rings is 1. The summed E-state index contributed by atoms with van der Waals surface area (Å²) in [6, 6.07) is 5.21. The minimum atomic E-state index is -3.58. The van der Waals surface area contributed by atoms with Gasteiger partial charge in [0.15, 0.2) is 0 Å². The Morgan fingerprint density at radius 1 is 1.03 bits per heavy atom. The average molecular weight is 449 g/mol. The largest absolute Gasteiger partial charge is 0.370 e. The van der Waals surface area contributed by atoms with Gasteiger partial charge in [0, 0.05) is 38.3 Å². The topological polar surface area (TPSA) is 73.0 Å². The van der Waals surface area contributed by atoms with Crippen molar-refractivity contribution in [3.63, 3.8) is 0 Å². The number of amides is 1. The molecular weight excluding hydrogens is 412 g/mol. The summed E-state index contributed by atoms with van der Waals surface area (Å²) < 4.78 is 27.6. The van der Waals surface area contributed by atoms with Crippen LogP contribution < -0.4 is 10.2 Å². The van der Waals surface area contributed by atoms with E-state index in [9.17, 15) is 13.2 Å². The van der Waals surface area contributed by atoms with E-state index in [0.29, 0.717) is 25.3 Å². The van der Waals surface area contributed by atoms with Crippen LogP contribution in [0.2, 0.25) is 0 Å². The van der Waals surface area contributed by atoms with Gasteiger partial charge in [-0.1, -0.05) is 13.8 Å². The van der Waals surface area contributed by atoms with Crippen LogP contribution in [0.5, 0.6) is 0 Å². The standard InChI is InChI=1S/C23H36N4O3S/c1-3-27(4-2)31(29,30)19-9-10-21(25-14-6-5-7-15-25)20(17-19)24-22(28)18-26-16-13-23(26)11-8-12-23/h9-10,17H,3-8,11-16,18H2,1-2H3,(H,24,28). The molecule has 0 atom stereocenters. The predicted molar refractivity (Wildman–Crippen MR) is 124 cm³/mol. The fraction of sp³-hybridized carbons (Fsp3) is 0.696. The average Bonchev–Trinajstić information content (AvgIpc) is 2.71. The molecule has 2 aliphatic heterocycles. The molecule has 0 aromatic heterocycles. The monoisotopic (exact) mass is 448 g/mol. The Balaban J connectivity index is 1.58. The molecule has 3 aliphatic rings. The maximum absolute atomic E-state index is 13.1. The van der Waals surface area contributed by atoms with Crippen molar-refractivity contribution in [3.8, 4) is 0 Å². The number of anilines is 2. The number of hydrogen-bond donors (Lipinski definition) is 1. The van der Waals surface area contributed by atoms with Crippen LogP contribution in [0.3, 0.4) is 0 Å².